The Bertz CT molecular complexity index is 825. The van der Waals surface area contributed by atoms with Gasteiger partial charge in [-0.25, -0.2) is 9.98 Å². The van der Waals surface area contributed by atoms with Crippen molar-refractivity contribution in [2.24, 2.45) is 16.5 Å². The van der Waals surface area contributed by atoms with Gasteiger partial charge in [0, 0.05) is 6.54 Å². The number of benzene rings is 1. The van der Waals surface area contributed by atoms with E-state index in [1.807, 2.05) is 30.3 Å². The van der Waals surface area contributed by atoms with Gasteiger partial charge in [0.05, 0.1) is 19.5 Å². The largest absolute Gasteiger partial charge is 0.370 e. The average molecular weight is 380 g/mol. The Morgan fingerprint density at radius 2 is 2.12 bits per heavy atom. The van der Waals surface area contributed by atoms with Gasteiger partial charge < -0.3 is 35.5 Å². The van der Waals surface area contributed by atoms with Gasteiger partial charge >= 0.3 is 7.60 Å². The van der Waals surface area contributed by atoms with E-state index >= 15 is 0 Å². The molecule has 11 heteroatoms. The van der Waals surface area contributed by atoms with Gasteiger partial charge in [-0.1, -0.05) is 30.3 Å². The fourth-order valence-electron chi connectivity index (χ4n) is 2.41. The molecule has 0 bridgehead atoms. The number of fused-ring (bicyclic) bond motifs is 1. The summed E-state index contributed by atoms with van der Waals surface area (Å²) in [5.41, 5.74) is 12.9. The van der Waals surface area contributed by atoms with Crippen molar-refractivity contribution in [3.05, 3.63) is 47.9 Å². The maximum atomic E-state index is 12.0. The van der Waals surface area contributed by atoms with Crippen molar-refractivity contribution in [3.63, 3.8) is 0 Å². The van der Waals surface area contributed by atoms with Crippen LogP contribution < -0.4 is 16.8 Å². The first-order valence-electron chi connectivity index (χ1n) is 7.93. The van der Waals surface area contributed by atoms with Crippen LogP contribution in [0, 0.1) is 0 Å². The molecule has 2 atom stereocenters. The SMILES string of the molecule is NC1=NC(N)c2ncn(CCOCP(=O)(O)OCc3ccccc3)c2N1. The molecule has 0 aliphatic carbocycles. The predicted octanol–water partition coefficient (Wildman–Crippen LogP) is 0.957. The number of rotatable bonds is 8. The fourth-order valence-corrected chi connectivity index (χ4v) is 3.20. The van der Waals surface area contributed by atoms with Crippen molar-refractivity contribution in [1.29, 1.82) is 0 Å². The molecular formula is C15H21N6O4P. The van der Waals surface area contributed by atoms with E-state index in [9.17, 15) is 9.46 Å². The van der Waals surface area contributed by atoms with E-state index in [4.69, 9.17) is 20.7 Å². The second-order valence-corrected chi connectivity index (χ2v) is 7.48. The Kier molecular flexibility index (Phi) is 5.70. The lowest BCUT2D eigenvalue weighted by Crippen LogP contribution is -2.31. The van der Waals surface area contributed by atoms with E-state index in [0.29, 0.717) is 18.1 Å². The van der Waals surface area contributed by atoms with Crippen molar-refractivity contribution < 1.29 is 18.7 Å². The topological polar surface area (TPSA) is 150 Å². The molecule has 0 radical (unpaired) electrons. The first-order chi connectivity index (χ1) is 12.4. The van der Waals surface area contributed by atoms with Gasteiger partial charge in [-0.2, -0.15) is 0 Å². The normalized spacial score (nSPS) is 18.5. The minimum atomic E-state index is -3.83. The molecule has 26 heavy (non-hydrogen) atoms. The molecule has 0 spiro atoms. The standard InChI is InChI=1S/C15H21N6O4P/c16-13-12-14(20-15(17)19-13)21(9-18-12)6-7-24-10-26(22,23)25-8-11-4-2-1-3-5-11/h1-5,9,13H,6-8,10,16H2,(H,22,23)(H3,17,19,20). The van der Waals surface area contributed by atoms with Crippen LogP contribution in [0.1, 0.15) is 17.4 Å². The summed E-state index contributed by atoms with van der Waals surface area (Å²) in [5, 5.41) is 2.90. The fraction of sp³-hybridized carbons (Fsp3) is 0.333. The number of nitrogens with zero attached hydrogens (tertiary/aromatic N) is 3. The number of nitrogens with one attached hydrogen (secondary N) is 1. The first kappa shape index (κ1) is 18.6. The van der Waals surface area contributed by atoms with Crippen LogP contribution in [0.5, 0.6) is 0 Å². The Morgan fingerprint density at radius 3 is 2.88 bits per heavy atom. The van der Waals surface area contributed by atoms with Gasteiger partial charge in [-0.15, -0.1) is 0 Å². The molecule has 0 amide bonds. The molecule has 0 saturated heterocycles. The quantitative estimate of drug-likeness (QED) is 0.391. The molecule has 140 valence electrons. The summed E-state index contributed by atoms with van der Waals surface area (Å²) in [6.07, 6.45) is 0.574. The number of anilines is 1. The van der Waals surface area contributed by atoms with E-state index in [0.717, 1.165) is 5.56 Å². The predicted molar refractivity (Wildman–Crippen MR) is 96.3 cm³/mol. The lowest BCUT2D eigenvalue weighted by Gasteiger charge is -2.18. The van der Waals surface area contributed by atoms with Gasteiger partial charge in [0.2, 0.25) is 0 Å². The summed E-state index contributed by atoms with van der Waals surface area (Å²) in [4.78, 5) is 18.0. The molecule has 0 fully saturated rings. The number of guanidine groups is 1. The van der Waals surface area contributed by atoms with Crippen molar-refractivity contribution in [1.82, 2.24) is 9.55 Å². The molecule has 1 aromatic carbocycles. The van der Waals surface area contributed by atoms with Crippen LogP contribution >= 0.6 is 7.60 Å². The Balaban J connectivity index is 1.45. The van der Waals surface area contributed by atoms with E-state index < -0.39 is 20.1 Å². The molecule has 1 aliphatic heterocycles. The minimum Gasteiger partial charge on any atom is -0.370 e. The van der Waals surface area contributed by atoms with Gasteiger partial charge in [0.25, 0.3) is 0 Å². The number of hydrogen-bond donors (Lipinski definition) is 4. The molecule has 0 saturated carbocycles. The summed E-state index contributed by atoms with van der Waals surface area (Å²) in [7, 11) is -3.83. The van der Waals surface area contributed by atoms with Gasteiger partial charge in [-0.05, 0) is 5.56 Å². The molecule has 2 heterocycles. The minimum absolute atomic E-state index is 0.0490. The third kappa shape index (κ3) is 4.69. The smallest absolute Gasteiger partial charge is 0.353 e. The highest BCUT2D eigenvalue weighted by molar-refractivity contribution is 7.52. The summed E-state index contributed by atoms with van der Waals surface area (Å²) in [6.45, 7) is 0.636. The number of ether oxygens (including phenoxy) is 1. The van der Waals surface area contributed by atoms with Crippen LogP contribution in [0.2, 0.25) is 0 Å². The highest BCUT2D eigenvalue weighted by Crippen LogP contribution is 2.42. The van der Waals surface area contributed by atoms with Crippen LogP contribution in [-0.4, -0.2) is 33.4 Å². The van der Waals surface area contributed by atoms with Crippen LogP contribution in [0.4, 0.5) is 5.82 Å². The highest BCUT2D eigenvalue weighted by Gasteiger charge is 2.23. The van der Waals surface area contributed by atoms with Crippen LogP contribution in [0.3, 0.4) is 0 Å². The second kappa shape index (κ2) is 7.98. The van der Waals surface area contributed by atoms with Crippen molar-refractivity contribution in [2.45, 2.75) is 19.3 Å². The summed E-state index contributed by atoms with van der Waals surface area (Å²) in [6, 6.07) is 9.16. The number of aliphatic imine (C=N–C) groups is 1. The van der Waals surface area contributed by atoms with E-state index in [2.05, 4.69) is 15.3 Å². The van der Waals surface area contributed by atoms with Gasteiger partial charge in [0.1, 0.15) is 24.0 Å². The van der Waals surface area contributed by atoms with E-state index in [1.54, 1.807) is 10.9 Å². The number of hydrogen-bond acceptors (Lipinski definition) is 8. The summed E-state index contributed by atoms with van der Waals surface area (Å²) in [5.74, 6) is 0.850. The van der Waals surface area contributed by atoms with E-state index in [1.165, 1.54) is 0 Å². The molecule has 1 aromatic heterocycles. The number of imidazole rings is 1. The zero-order valence-electron chi connectivity index (χ0n) is 14.0. The van der Waals surface area contributed by atoms with Crippen molar-refractivity contribution in [2.75, 3.05) is 18.3 Å². The summed E-state index contributed by atoms with van der Waals surface area (Å²) >= 11 is 0. The monoisotopic (exact) mass is 380 g/mol. The Labute approximate surface area is 150 Å². The average Bonchev–Trinajstić information content (AvgIpc) is 3.01. The molecule has 6 N–H and O–H groups in total. The maximum absolute atomic E-state index is 12.0. The van der Waals surface area contributed by atoms with Crippen LogP contribution in [0.25, 0.3) is 0 Å². The molecule has 10 nitrogen and oxygen atoms in total. The van der Waals surface area contributed by atoms with E-state index in [-0.39, 0.29) is 19.2 Å². The van der Waals surface area contributed by atoms with Gasteiger partial charge in [0.15, 0.2) is 5.96 Å². The molecule has 2 unspecified atom stereocenters. The third-order valence-corrected chi connectivity index (χ3v) is 4.72. The molecular weight excluding hydrogens is 359 g/mol. The van der Waals surface area contributed by atoms with Gasteiger partial charge in [-0.3, -0.25) is 4.57 Å². The Hall–Kier alpha value is -2.23. The lowest BCUT2D eigenvalue weighted by atomic mass is 10.2. The highest BCUT2D eigenvalue weighted by atomic mass is 31.2. The van der Waals surface area contributed by atoms with Crippen molar-refractivity contribution in [3.8, 4) is 0 Å². The second-order valence-electron chi connectivity index (χ2n) is 5.69. The lowest BCUT2D eigenvalue weighted by molar-refractivity contribution is 0.135. The first-order valence-corrected chi connectivity index (χ1v) is 9.70. The van der Waals surface area contributed by atoms with Crippen molar-refractivity contribution >= 4 is 19.4 Å². The molecule has 2 aromatic rings. The maximum Gasteiger partial charge on any atom is 0.353 e. The zero-order valence-corrected chi connectivity index (χ0v) is 14.9. The Morgan fingerprint density at radius 1 is 1.35 bits per heavy atom. The van der Waals surface area contributed by atoms with Crippen LogP contribution in [0.15, 0.2) is 41.7 Å². The number of aromatic nitrogens is 2. The third-order valence-electron chi connectivity index (χ3n) is 3.68. The summed E-state index contributed by atoms with van der Waals surface area (Å²) < 4.78 is 24.1. The zero-order chi connectivity index (χ0) is 18.6. The van der Waals surface area contributed by atoms with Crippen LogP contribution in [-0.2, 0) is 27.0 Å². The molecule has 3 rings (SSSR count). The molecule has 1 aliphatic rings. The number of nitrogens with two attached hydrogens (primary N) is 2.